The predicted octanol–water partition coefficient (Wildman–Crippen LogP) is 3.42. The Morgan fingerprint density at radius 3 is 3.10 bits per heavy atom. The molecule has 1 aromatic carbocycles. The molecule has 0 saturated carbocycles. The second-order valence-electron chi connectivity index (χ2n) is 5.13. The molecule has 0 fully saturated rings. The number of aliphatic carboxylic acids is 1. The van der Waals surface area contributed by atoms with Crippen LogP contribution in [0, 0.1) is 0 Å². The van der Waals surface area contributed by atoms with Crippen LogP contribution < -0.4 is 0 Å². The van der Waals surface area contributed by atoms with Gasteiger partial charge in [-0.05, 0) is 48.9 Å². The monoisotopic (exact) mass is 290 g/mol. The summed E-state index contributed by atoms with van der Waals surface area (Å²) >= 11 is 6.02. The van der Waals surface area contributed by atoms with Crippen molar-refractivity contribution in [3.05, 3.63) is 46.7 Å². The lowest BCUT2D eigenvalue weighted by Crippen LogP contribution is -2.14. The molecule has 1 N–H and O–H groups in total. The Kier molecular flexibility index (Phi) is 3.49. The van der Waals surface area contributed by atoms with Crippen LogP contribution in [0.25, 0.3) is 5.69 Å². The maximum absolute atomic E-state index is 11.0. The van der Waals surface area contributed by atoms with Gasteiger partial charge >= 0.3 is 5.97 Å². The first kappa shape index (κ1) is 13.2. The standard InChI is InChI=1S/C15H15ClN2O2/c16-11-4-2-5-12(8-11)18-14-6-1-3-10(7-15(19)20)13(14)9-17-18/h2,4-5,8-10H,1,3,6-7H2,(H,19,20). The molecule has 0 spiro atoms. The first-order chi connectivity index (χ1) is 9.65. The van der Waals surface area contributed by atoms with Crippen LogP contribution in [0.4, 0.5) is 0 Å². The highest BCUT2D eigenvalue weighted by Gasteiger charge is 2.26. The zero-order valence-corrected chi connectivity index (χ0v) is 11.7. The van der Waals surface area contributed by atoms with Crippen molar-refractivity contribution >= 4 is 17.6 Å². The van der Waals surface area contributed by atoms with Crippen LogP contribution in [0.5, 0.6) is 0 Å². The lowest BCUT2D eigenvalue weighted by atomic mass is 9.85. The largest absolute Gasteiger partial charge is 0.481 e. The lowest BCUT2D eigenvalue weighted by Gasteiger charge is -2.21. The third-order valence-electron chi connectivity index (χ3n) is 3.78. The van der Waals surface area contributed by atoms with Gasteiger partial charge in [-0.2, -0.15) is 5.10 Å². The van der Waals surface area contributed by atoms with E-state index in [2.05, 4.69) is 5.10 Å². The average molecular weight is 291 g/mol. The highest BCUT2D eigenvalue weighted by atomic mass is 35.5. The van der Waals surface area contributed by atoms with Crippen LogP contribution >= 0.6 is 11.6 Å². The Morgan fingerprint density at radius 1 is 1.50 bits per heavy atom. The molecule has 0 saturated heterocycles. The van der Waals surface area contributed by atoms with E-state index in [-0.39, 0.29) is 12.3 Å². The van der Waals surface area contributed by atoms with Crippen molar-refractivity contribution in [3.8, 4) is 5.69 Å². The molecule has 1 unspecified atom stereocenters. The third kappa shape index (κ3) is 2.43. The van der Waals surface area contributed by atoms with Gasteiger partial charge in [0.05, 0.1) is 18.3 Å². The summed E-state index contributed by atoms with van der Waals surface area (Å²) in [5.41, 5.74) is 3.11. The number of benzene rings is 1. The number of carboxylic acid groups (broad SMARTS) is 1. The fraction of sp³-hybridized carbons (Fsp3) is 0.333. The highest BCUT2D eigenvalue weighted by molar-refractivity contribution is 6.30. The molecular formula is C15H15ClN2O2. The first-order valence-corrected chi connectivity index (χ1v) is 7.07. The average Bonchev–Trinajstić information content (AvgIpc) is 2.83. The van der Waals surface area contributed by atoms with Gasteiger partial charge in [0.25, 0.3) is 0 Å². The summed E-state index contributed by atoms with van der Waals surface area (Å²) in [5, 5.41) is 14.1. The SMILES string of the molecule is O=C(O)CC1CCCc2c1cnn2-c1cccc(Cl)c1. The summed E-state index contributed by atoms with van der Waals surface area (Å²) in [5.74, 6) is -0.678. The van der Waals surface area contributed by atoms with Gasteiger partial charge in [0, 0.05) is 10.7 Å². The predicted molar refractivity (Wildman–Crippen MR) is 76.5 cm³/mol. The Balaban J connectivity index is 2.00. The molecule has 1 aliphatic carbocycles. The number of carbonyl (C=O) groups is 1. The smallest absolute Gasteiger partial charge is 0.303 e. The number of fused-ring (bicyclic) bond motifs is 1. The Labute approximate surface area is 122 Å². The Morgan fingerprint density at radius 2 is 2.35 bits per heavy atom. The molecule has 2 aromatic rings. The van der Waals surface area contributed by atoms with Gasteiger partial charge in [-0.3, -0.25) is 4.79 Å². The third-order valence-corrected chi connectivity index (χ3v) is 4.02. The minimum absolute atomic E-state index is 0.0733. The highest BCUT2D eigenvalue weighted by Crippen LogP contribution is 2.35. The topological polar surface area (TPSA) is 55.1 Å². The van der Waals surface area contributed by atoms with E-state index < -0.39 is 5.97 Å². The van der Waals surface area contributed by atoms with Crippen LogP contribution in [0.15, 0.2) is 30.5 Å². The molecule has 0 radical (unpaired) electrons. The molecule has 4 nitrogen and oxygen atoms in total. The van der Waals surface area contributed by atoms with Crippen molar-refractivity contribution in [2.45, 2.75) is 31.6 Å². The number of hydrogen-bond donors (Lipinski definition) is 1. The van der Waals surface area contributed by atoms with E-state index in [9.17, 15) is 4.79 Å². The van der Waals surface area contributed by atoms with Crippen molar-refractivity contribution in [3.63, 3.8) is 0 Å². The van der Waals surface area contributed by atoms with Gasteiger partial charge in [-0.25, -0.2) is 4.68 Å². The summed E-state index contributed by atoms with van der Waals surface area (Å²) in [4.78, 5) is 11.0. The number of nitrogens with zero attached hydrogens (tertiary/aromatic N) is 2. The fourth-order valence-electron chi connectivity index (χ4n) is 2.90. The normalized spacial score (nSPS) is 17.8. The molecule has 0 bridgehead atoms. The van der Waals surface area contributed by atoms with Crippen LogP contribution in [0.1, 0.15) is 36.4 Å². The number of rotatable bonds is 3. The molecule has 5 heteroatoms. The molecule has 0 aliphatic heterocycles. The maximum atomic E-state index is 11.0. The molecule has 1 atom stereocenters. The zero-order valence-electron chi connectivity index (χ0n) is 10.9. The van der Waals surface area contributed by atoms with Crippen molar-refractivity contribution in [1.29, 1.82) is 0 Å². The van der Waals surface area contributed by atoms with E-state index in [4.69, 9.17) is 16.7 Å². The van der Waals surface area contributed by atoms with E-state index in [1.54, 1.807) is 0 Å². The van der Waals surface area contributed by atoms with Crippen LogP contribution in [-0.4, -0.2) is 20.9 Å². The Hall–Kier alpha value is -1.81. The lowest BCUT2D eigenvalue weighted by molar-refractivity contribution is -0.137. The molecule has 1 aromatic heterocycles. The van der Waals surface area contributed by atoms with E-state index >= 15 is 0 Å². The minimum atomic E-state index is -0.752. The van der Waals surface area contributed by atoms with E-state index in [1.165, 1.54) is 0 Å². The Bertz CT molecular complexity index is 651. The van der Waals surface area contributed by atoms with Gasteiger partial charge in [-0.15, -0.1) is 0 Å². The van der Waals surface area contributed by atoms with Gasteiger partial charge in [-0.1, -0.05) is 17.7 Å². The van der Waals surface area contributed by atoms with Crippen molar-refractivity contribution in [2.24, 2.45) is 0 Å². The number of aromatic nitrogens is 2. The van der Waals surface area contributed by atoms with Crippen molar-refractivity contribution < 1.29 is 9.90 Å². The number of carboxylic acids is 1. The van der Waals surface area contributed by atoms with Gasteiger partial charge in [0.1, 0.15) is 0 Å². The van der Waals surface area contributed by atoms with Crippen LogP contribution in [-0.2, 0) is 11.2 Å². The molecule has 1 aliphatic rings. The van der Waals surface area contributed by atoms with Gasteiger partial charge < -0.3 is 5.11 Å². The molecular weight excluding hydrogens is 276 g/mol. The van der Waals surface area contributed by atoms with Gasteiger partial charge in [0.2, 0.25) is 0 Å². The zero-order chi connectivity index (χ0) is 14.1. The second kappa shape index (κ2) is 5.29. The van der Waals surface area contributed by atoms with E-state index in [1.807, 2.05) is 35.1 Å². The van der Waals surface area contributed by atoms with E-state index in [0.29, 0.717) is 5.02 Å². The molecule has 0 amide bonds. The van der Waals surface area contributed by atoms with Crippen LogP contribution in [0.3, 0.4) is 0 Å². The molecule has 1 heterocycles. The van der Waals surface area contributed by atoms with Gasteiger partial charge in [0.15, 0.2) is 0 Å². The quantitative estimate of drug-likeness (QED) is 0.942. The summed E-state index contributed by atoms with van der Waals surface area (Å²) in [6.07, 6.45) is 4.83. The number of hydrogen-bond acceptors (Lipinski definition) is 2. The molecule has 3 rings (SSSR count). The summed E-state index contributed by atoms with van der Waals surface area (Å²) in [7, 11) is 0. The fourth-order valence-corrected chi connectivity index (χ4v) is 3.09. The molecule has 104 valence electrons. The summed E-state index contributed by atoms with van der Waals surface area (Å²) < 4.78 is 1.88. The maximum Gasteiger partial charge on any atom is 0.303 e. The molecule has 20 heavy (non-hydrogen) atoms. The summed E-state index contributed by atoms with van der Waals surface area (Å²) in [6.45, 7) is 0. The first-order valence-electron chi connectivity index (χ1n) is 6.69. The summed E-state index contributed by atoms with van der Waals surface area (Å²) in [6, 6.07) is 7.55. The van der Waals surface area contributed by atoms with E-state index in [0.717, 1.165) is 36.2 Å². The second-order valence-corrected chi connectivity index (χ2v) is 5.56. The van der Waals surface area contributed by atoms with Crippen LogP contribution in [0.2, 0.25) is 5.02 Å². The minimum Gasteiger partial charge on any atom is -0.481 e. The van der Waals surface area contributed by atoms with Crippen molar-refractivity contribution in [1.82, 2.24) is 9.78 Å². The number of halogens is 1. The van der Waals surface area contributed by atoms with Crippen molar-refractivity contribution in [2.75, 3.05) is 0 Å².